The zero-order valence-electron chi connectivity index (χ0n) is 26.6. The maximum Gasteiger partial charge on any atom is 0.154 e. The van der Waals surface area contributed by atoms with Crippen LogP contribution in [-0.4, -0.2) is 49.9 Å². The molecule has 7 heterocycles. The Morgan fingerprint density at radius 3 is 1.70 bits per heavy atom. The van der Waals surface area contributed by atoms with Crippen molar-refractivity contribution in [2.24, 2.45) is 0 Å². The van der Waals surface area contributed by atoms with Crippen molar-refractivity contribution in [2.75, 3.05) is 10.6 Å². The zero-order chi connectivity index (χ0) is 32.9. The third-order valence-electron chi connectivity index (χ3n) is 7.23. The molecule has 0 amide bonds. The number of fused-ring (bicyclic) bond motifs is 2. The van der Waals surface area contributed by atoms with Crippen LogP contribution in [0.15, 0.2) is 90.3 Å². The lowest BCUT2D eigenvalue weighted by Gasteiger charge is -2.09. The van der Waals surface area contributed by atoms with E-state index in [0.29, 0.717) is 29.3 Å². The van der Waals surface area contributed by atoms with Crippen molar-refractivity contribution in [3.8, 4) is 5.69 Å². The topological polar surface area (TPSA) is 145 Å². The van der Waals surface area contributed by atoms with Crippen molar-refractivity contribution < 1.29 is 0 Å². The van der Waals surface area contributed by atoms with Crippen LogP contribution in [0.5, 0.6) is 0 Å². The number of rotatable bonds is 7. The maximum atomic E-state index is 4.66. The molecule has 0 bridgehead atoms. The van der Waals surface area contributed by atoms with E-state index in [1.54, 1.807) is 24.9 Å². The van der Waals surface area contributed by atoms with Gasteiger partial charge in [0.25, 0.3) is 0 Å². The molecule has 236 valence electrons. The molecule has 0 aromatic carbocycles. The van der Waals surface area contributed by atoms with Gasteiger partial charge in [0.15, 0.2) is 11.6 Å². The molecule has 13 heteroatoms. The summed E-state index contributed by atoms with van der Waals surface area (Å²) in [4.78, 5) is 22.2. The lowest BCUT2D eigenvalue weighted by molar-refractivity contribution is 0.843. The molecule has 0 radical (unpaired) electrons. The molecule has 0 saturated heterocycles. The van der Waals surface area contributed by atoms with Gasteiger partial charge in [-0.25, -0.2) is 15.0 Å². The summed E-state index contributed by atoms with van der Waals surface area (Å²) in [5, 5.41) is 22.7. The first-order valence-electron chi connectivity index (χ1n) is 15.1. The van der Waals surface area contributed by atoms with Crippen LogP contribution in [0.2, 0.25) is 0 Å². The lowest BCUT2D eigenvalue weighted by Crippen LogP contribution is -2.00. The Hall–Kier alpha value is -5.43. The number of hydrogen-bond acceptors (Lipinski definition) is 11. The second kappa shape index (κ2) is 13.9. The summed E-state index contributed by atoms with van der Waals surface area (Å²) in [5.74, 6) is 3.59. The molecule has 0 saturated carbocycles. The number of halogens is 1. The highest BCUT2D eigenvalue weighted by atomic mass is 79.9. The van der Waals surface area contributed by atoms with E-state index >= 15 is 0 Å². The fourth-order valence-electron chi connectivity index (χ4n) is 4.60. The van der Waals surface area contributed by atoms with Crippen molar-refractivity contribution in [3.05, 3.63) is 107 Å². The van der Waals surface area contributed by atoms with Gasteiger partial charge >= 0.3 is 0 Å². The summed E-state index contributed by atoms with van der Waals surface area (Å²) in [6, 6.07) is 15.5. The standard InChI is InChI=1S/C19H19N7.C15H14BrN5/c1-12(2)14-6-19(25-22-8-14)24-18-5-4-16-17(23-18)7-15(9-20-16)26-10-13(3)21-11-26;1-9(2)10-5-15(21-18-7-10)20-14-4-3-12-13(19-14)6-11(16)8-17-12/h4-12H,1-3H3,(H,23,24,25);3-9H,1-2H3,(H,19,20,21). The van der Waals surface area contributed by atoms with E-state index in [-0.39, 0.29) is 0 Å². The van der Waals surface area contributed by atoms with Crippen molar-refractivity contribution >= 4 is 61.3 Å². The average Bonchev–Trinajstić information content (AvgIpc) is 3.51. The van der Waals surface area contributed by atoms with Gasteiger partial charge in [0.2, 0.25) is 0 Å². The molecular weight excluding hydrogens is 656 g/mol. The van der Waals surface area contributed by atoms with E-state index in [4.69, 9.17) is 0 Å². The fraction of sp³-hybridized carbons (Fsp3) is 0.206. The Bertz CT molecular complexity index is 2160. The summed E-state index contributed by atoms with van der Waals surface area (Å²) < 4.78 is 2.84. The number of nitrogens with one attached hydrogen (secondary N) is 2. The smallest absolute Gasteiger partial charge is 0.154 e. The second-order valence-electron chi connectivity index (χ2n) is 11.5. The molecule has 0 aliphatic heterocycles. The third-order valence-corrected chi connectivity index (χ3v) is 7.67. The SMILES string of the molecule is CC(C)c1cnnc(Nc2ccc3ncc(Br)cc3n2)c1.Cc1cn(-c2cnc3ccc(Nc4cc(C(C)C)cnn4)nc3c2)cn1. The van der Waals surface area contributed by atoms with Gasteiger partial charge in [0, 0.05) is 16.9 Å². The van der Waals surface area contributed by atoms with Crippen LogP contribution < -0.4 is 10.6 Å². The van der Waals surface area contributed by atoms with E-state index in [1.807, 2.05) is 72.4 Å². The van der Waals surface area contributed by atoms with Gasteiger partial charge in [-0.05, 0) is 94.3 Å². The lowest BCUT2D eigenvalue weighted by atomic mass is 10.1. The number of nitrogens with zero attached hydrogens (tertiary/aromatic N) is 10. The molecule has 2 N–H and O–H groups in total. The highest BCUT2D eigenvalue weighted by molar-refractivity contribution is 9.10. The molecule has 7 aromatic heterocycles. The van der Waals surface area contributed by atoms with Crippen LogP contribution in [0.3, 0.4) is 0 Å². The van der Waals surface area contributed by atoms with Gasteiger partial charge in [0.1, 0.15) is 11.6 Å². The van der Waals surface area contributed by atoms with Crippen LogP contribution in [0.25, 0.3) is 27.8 Å². The summed E-state index contributed by atoms with van der Waals surface area (Å²) in [6.07, 6.45) is 10.9. The number of aromatic nitrogens is 10. The first kappa shape index (κ1) is 31.5. The quantitative estimate of drug-likeness (QED) is 0.169. The van der Waals surface area contributed by atoms with Crippen molar-refractivity contribution in [2.45, 2.75) is 46.5 Å². The molecule has 0 unspecified atom stereocenters. The summed E-state index contributed by atoms with van der Waals surface area (Å²) >= 11 is 3.40. The fourth-order valence-corrected chi connectivity index (χ4v) is 4.92. The summed E-state index contributed by atoms with van der Waals surface area (Å²) in [6.45, 7) is 10.5. The first-order chi connectivity index (χ1) is 22.7. The summed E-state index contributed by atoms with van der Waals surface area (Å²) in [7, 11) is 0. The zero-order valence-corrected chi connectivity index (χ0v) is 28.2. The van der Waals surface area contributed by atoms with Crippen LogP contribution >= 0.6 is 15.9 Å². The molecule has 0 fully saturated rings. The number of aryl methyl sites for hydroxylation is 1. The van der Waals surface area contributed by atoms with Crippen molar-refractivity contribution in [1.82, 2.24) is 49.9 Å². The molecular formula is C34H33BrN12. The highest BCUT2D eigenvalue weighted by Crippen LogP contribution is 2.23. The minimum Gasteiger partial charge on any atom is -0.323 e. The summed E-state index contributed by atoms with van der Waals surface area (Å²) in [5.41, 5.74) is 7.44. The normalized spacial score (nSPS) is 11.1. The Morgan fingerprint density at radius 1 is 0.617 bits per heavy atom. The number of imidazole rings is 1. The largest absolute Gasteiger partial charge is 0.323 e. The highest BCUT2D eigenvalue weighted by Gasteiger charge is 2.08. The van der Waals surface area contributed by atoms with Crippen molar-refractivity contribution in [3.63, 3.8) is 0 Å². The molecule has 0 atom stereocenters. The molecule has 7 aromatic rings. The predicted octanol–water partition coefficient (Wildman–Crippen LogP) is 7.83. The van der Waals surface area contributed by atoms with Crippen LogP contribution in [0.1, 0.15) is 56.4 Å². The Balaban J connectivity index is 0.000000168. The Morgan fingerprint density at radius 2 is 1.17 bits per heavy atom. The van der Waals surface area contributed by atoms with Crippen LogP contribution in [0.4, 0.5) is 23.3 Å². The first-order valence-corrected chi connectivity index (χ1v) is 15.9. The monoisotopic (exact) mass is 688 g/mol. The minimum absolute atomic E-state index is 0.390. The van der Waals surface area contributed by atoms with Crippen molar-refractivity contribution in [1.29, 1.82) is 0 Å². The molecule has 0 aliphatic rings. The van der Waals surface area contributed by atoms with Gasteiger partial charge in [-0.1, -0.05) is 27.7 Å². The molecule has 7 rings (SSSR count). The van der Waals surface area contributed by atoms with Gasteiger partial charge < -0.3 is 15.2 Å². The van der Waals surface area contributed by atoms with E-state index in [0.717, 1.165) is 54.9 Å². The Kier molecular flexibility index (Phi) is 9.34. The van der Waals surface area contributed by atoms with Gasteiger partial charge in [-0.2, -0.15) is 10.2 Å². The number of pyridine rings is 4. The van der Waals surface area contributed by atoms with Gasteiger partial charge in [0.05, 0.1) is 58.4 Å². The third kappa shape index (κ3) is 7.87. The molecule has 0 aliphatic carbocycles. The molecule has 0 spiro atoms. The second-order valence-corrected chi connectivity index (χ2v) is 12.5. The minimum atomic E-state index is 0.390. The van der Waals surface area contributed by atoms with Gasteiger partial charge in [-0.15, -0.1) is 10.2 Å². The van der Waals surface area contributed by atoms with E-state index in [2.05, 4.69) is 99.6 Å². The maximum absolute atomic E-state index is 4.66. The average molecular weight is 690 g/mol. The predicted molar refractivity (Wildman–Crippen MR) is 187 cm³/mol. The van der Waals surface area contributed by atoms with Crippen LogP contribution in [0, 0.1) is 6.92 Å². The van der Waals surface area contributed by atoms with E-state index in [9.17, 15) is 0 Å². The Labute approximate surface area is 280 Å². The number of anilines is 4. The van der Waals surface area contributed by atoms with E-state index < -0.39 is 0 Å². The van der Waals surface area contributed by atoms with E-state index in [1.165, 1.54) is 0 Å². The van der Waals surface area contributed by atoms with Crippen LogP contribution in [-0.2, 0) is 0 Å². The van der Waals surface area contributed by atoms with Gasteiger partial charge in [-0.3, -0.25) is 9.97 Å². The molecule has 12 nitrogen and oxygen atoms in total. The number of hydrogen-bond donors (Lipinski definition) is 2. The molecule has 47 heavy (non-hydrogen) atoms.